The number of pyridine rings is 1. The Hall–Kier alpha value is -1.81. The molecule has 0 atom stereocenters. The zero-order chi connectivity index (χ0) is 12.5. The Bertz CT molecular complexity index is 577. The van der Waals surface area contributed by atoms with Gasteiger partial charge in [0.05, 0.1) is 13.7 Å². The van der Waals surface area contributed by atoms with Crippen LogP contribution in [0.4, 0.5) is 5.82 Å². The number of methoxy groups -OCH3 is 1. The summed E-state index contributed by atoms with van der Waals surface area (Å²) >= 11 is 0. The van der Waals surface area contributed by atoms with Crippen molar-refractivity contribution in [3.63, 3.8) is 0 Å². The maximum absolute atomic E-state index is 5.54. The van der Waals surface area contributed by atoms with Crippen molar-refractivity contribution in [2.75, 3.05) is 25.3 Å². The number of benzene rings is 1. The lowest BCUT2D eigenvalue weighted by atomic mass is 10.1. The maximum Gasteiger partial charge on any atom is 0.153 e. The van der Waals surface area contributed by atoms with Crippen molar-refractivity contribution in [3.8, 4) is 5.75 Å². The number of ether oxygens (including phenoxy) is 1. The molecule has 94 valence electrons. The van der Waals surface area contributed by atoms with Gasteiger partial charge >= 0.3 is 0 Å². The Balaban J connectivity index is 2.11. The fraction of sp³-hybridized carbons (Fsp3) is 0.357. The molecule has 2 aromatic rings. The average Bonchev–Trinajstić information content (AvgIpc) is 2.91. The van der Waals surface area contributed by atoms with Gasteiger partial charge in [0.2, 0.25) is 0 Å². The third-order valence-electron chi connectivity index (χ3n) is 3.22. The summed E-state index contributed by atoms with van der Waals surface area (Å²) < 4.78 is 5.26. The summed E-state index contributed by atoms with van der Waals surface area (Å²) in [4.78, 5) is 10.1. The molecule has 0 amide bonds. The highest BCUT2D eigenvalue weighted by atomic mass is 16.7. The van der Waals surface area contributed by atoms with Crippen LogP contribution in [0.25, 0.3) is 10.8 Å². The molecule has 0 unspecified atom stereocenters. The molecule has 1 aliphatic rings. The van der Waals surface area contributed by atoms with Crippen LogP contribution in [0.2, 0.25) is 0 Å². The predicted molar refractivity (Wildman–Crippen MR) is 70.9 cm³/mol. The highest BCUT2D eigenvalue weighted by Gasteiger charge is 2.16. The van der Waals surface area contributed by atoms with Crippen LogP contribution >= 0.6 is 0 Å². The number of aryl methyl sites for hydroxylation is 1. The molecule has 1 fully saturated rings. The second-order valence-corrected chi connectivity index (χ2v) is 4.44. The van der Waals surface area contributed by atoms with E-state index >= 15 is 0 Å². The monoisotopic (exact) mass is 244 g/mol. The minimum absolute atomic E-state index is 0.775. The summed E-state index contributed by atoms with van der Waals surface area (Å²) in [6.45, 7) is 3.70. The minimum atomic E-state index is 0.775. The van der Waals surface area contributed by atoms with Crippen LogP contribution in [0.5, 0.6) is 5.75 Å². The number of aromatic nitrogens is 1. The van der Waals surface area contributed by atoms with E-state index in [-0.39, 0.29) is 0 Å². The SMILES string of the molecule is COc1ccc2c(C)nc(N3CCCO3)cc2c1. The normalized spacial score (nSPS) is 15.3. The number of hydroxylamine groups is 1. The second-order valence-electron chi connectivity index (χ2n) is 4.44. The van der Waals surface area contributed by atoms with E-state index in [2.05, 4.69) is 11.1 Å². The second kappa shape index (κ2) is 4.46. The fourth-order valence-corrected chi connectivity index (χ4v) is 2.28. The van der Waals surface area contributed by atoms with Gasteiger partial charge in [-0.15, -0.1) is 0 Å². The van der Waals surface area contributed by atoms with E-state index in [9.17, 15) is 0 Å². The largest absolute Gasteiger partial charge is 0.497 e. The maximum atomic E-state index is 5.54. The minimum Gasteiger partial charge on any atom is -0.497 e. The first-order valence-corrected chi connectivity index (χ1v) is 6.14. The zero-order valence-electron chi connectivity index (χ0n) is 10.6. The van der Waals surface area contributed by atoms with Crippen LogP contribution in [0.3, 0.4) is 0 Å². The van der Waals surface area contributed by atoms with Gasteiger partial charge in [0, 0.05) is 17.6 Å². The van der Waals surface area contributed by atoms with E-state index in [1.54, 1.807) is 7.11 Å². The third-order valence-corrected chi connectivity index (χ3v) is 3.22. The van der Waals surface area contributed by atoms with Gasteiger partial charge in [-0.1, -0.05) is 0 Å². The van der Waals surface area contributed by atoms with E-state index in [1.165, 1.54) is 0 Å². The van der Waals surface area contributed by atoms with Crippen molar-refractivity contribution >= 4 is 16.6 Å². The lowest BCUT2D eigenvalue weighted by molar-refractivity contribution is 0.166. The van der Waals surface area contributed by atoms with Crippen LogP contribution in [-0.2, 0) is 4.84 Å². The summed E-state index contributed by atoms with van der Waals surface area (Å²) in [5, 5.41) is 4.15. The number of anilines is 1. The van der Waals surface area contributed by atoms with E-state index in [1.807, 2.05) is 30.2 Å². The Kier molecular flexibility index (Phi) is 2.80. The van der Waals surface area contributed by atoms with Crippen LogP contribution in [0, 0.1) is 6.92 Å². The molecule has 18 heavy (non-hydrogen) atoms. The van der Waals surface area contributed by atoms with Gasteiger partial charge in [0.15, 0.2) is 5.82 Å². The summed E-state index contributed by atoms with van der Waals surface area (Å²) in [5.74, 6) is 1.74. The van der Waals surface area contributed by atoms with Crippen LogP contribution < -0.4 is 9.80 Å². The lowest BCUT2D eigenvalue weighted by Gasteiger charge is -2.16. The number of rotatable bonds is 2. The molecule has 0 radical (unpaired) electrons. The fourth-order valence-electron chi connectivity index (χ4n) is 2.28. The Morgan fingerprint density at radius 2 is 2.22 bits per heavy atom. The van der Waals surface area contributed by atoms with Gasteiger partial charge < -0.3 is 4.74 Å². The number of nitrogens with zero attached hydrogens (tertiary/aromatic N) is 2. The summed E-state index contributed by atoms with van der Waals surface area (Å²) in [6.07, 6.45) is 1.05. The van der Waals surface area contributed by atoms with E-state index in [0.717, 1.165) is 47.6 Å². The smallest absolute Gasteiger partial charge is 0.153 e. The van der Waals surface area contributed by atoms with E-state index in [0.29, 0.717) is 0 Å². The van der Waals surface area contributed by atoms with E-state index < -0.39 is 0 Å². The van der Waals surface area contributed by atoms with Crippen molar-refractivity contribution in [2.45, 2.75) is 13.3 Å². The molecule has 0 aliphatic carbocycles. The molecule has 4 heteroatoms. The van der Waals surface area contributed by atoms with Crippen molar-refractivity contribution in [1.82, 2.24) is 4.98 Å². The standard InChI is InChI=1S/C14H16N2O2/c1-10-13-5-4-12(17-2)8-11(13)9-14(15-10)16-6-3-7-18-16/h4-5,8-9H,3,6-7H2,1-2H3. The van der Waals surface area contributed by atoms with Crippen LogP contribution in [0.1, 0.15) is 12.1 Å². The lowest BCUT2D eigenvalue weighted by Crippen LogP contribution is -2.17. The molecule has 1 aromatic heterocycles. The summed E-state index contributed by atoms with van der Waals surface area (Å²) in [7, 11) is 1.68. The molecule has 3 rings (SSSR count). The van der Waals surface area contributed by atoms with Crippen molar-refractivity contribution in [1.29, 1.82) is 0 Å². The highest BCUT2D eigenvalue weighted by Crippen LogP contribution is 2.27. The first kappa shape index (κ1) is 11.3. The summed E-state index contributed by atoms with van der Waals surface area (Å²) in [5.41, 5.74) is 1.01. The van der Waals surface area contributed by atoms with E-state index in [4.69, 9.17) is 9.57 Å². The van der Waals surface area contributed by atoms with Gasteiger partial charge in [-0.05, 0) is 43.0 Å². The first-order valence-electron chi connectivity index (χ1n) is 6.14. The van der Waals surface area contributed by atoms with Crippen molar-refractivity contribution < 1.29 is 9.57 Å². The Labute approximate surface area is 106 Å². The molecule has 2 heterocycles. The number of hydrogen-bond donors (Lipinski definition) is 0. The molecule has 0 saturated carbocycles. The molecular weight excluding hydrogens is 228 g/mol. The molecular formula is C14H16N2O2. The number of hydrogen-bond acceptors (Lipinski definition) is 4. The summed E-state index contributed by atoms with van der Waals surface area (Å²) in [6, 6.07) is 8.09. The highest BCUT2D eigenvalue weighted by molar-refractivity contribution is 5.87. The first-order chi connectivity index (χ1) is 8.78. The van der Waals surface area contributed by atoms with Gasteiger partial charge in [0.25, 0.3) is 0 Å². The average molecular weight is 244 g/mol. The Morgan fingerprint density at radius 1 is 1.33 bits per heavy atom. The van der Waals surface area contributed by atoms with Gasteiger partial charge in [-0.3, -0.25) is 4.84 Å². The van der Waals surface area contributed by atoms with Crippen LogP contribution in [-0.4, -0.2) is 25.2 Å². The van der Waals surface area contributed by atoms with Gasteiger partial charge in [-0.2, -0.15) is 0 Å². The molecule has 4 nitrogen and oxygen atoms in total. The molecule has 1 aliphatic heterocycles. The van der Waals surface area contributed by atoms with Crippen molar-refractivity contribution in [2.24, 2.45) is 0 Å². The zero-order valence-corrected chi connectivity index (χ0v) is 10.6. The topological polar surface area (TPSA) is 34.6 Å². The molecule has 0 spiro atoms. The third kappa shape index (κ3) is 1.88. The predicted octanol–water partition coefficient (Wildman–Crippen LogP) is 2.69. The number of fused-ring (bicyclic) bond motifs is 1. The molecule has 0 bridgehead atoms. The Morgan fingerprint density at radius 3 is 2.94 bits per heavy atom. The van der Waals surface area contributed by atoms with Gasteiger partial charge in [0.1, 0.15) is 5.75 Å². The quantitative estimate of drug-likeness (QED) is 0.813. The molecule has 1 saturated heterocycles. The molecule has 0 N–H and O–H groups in total. The molecule has 1 aromatic carbocycles. The van der Waals surface area contributed by atoms with Gasteiger partial charge in [-0.25, -0.2) is 10.0 Å². The van der Waals surface area contributed by atoms with Crippen molar-refractivity contribution in [3.05, 3.63) is 30.0 Å². The van der Waals surface area contributed by atoms with Crippen LogP contribution in [0.15, 0.2) is 24.3 Å².